The third-order valence-corrected chi connectivity index (χ3v) is 5.32. The fraction of sp³-hybridized carbons (Fsp3) is 0.333. The summed E-state index contributed by atoms with van der Waals surface area (Å²) in [6.07, 6.45) is 2.08. The van der Waals surface area contributed by atoms with Gasteiger partial charge in [-0.15, -0.1) is 0 Å². The molecule has 0 bridgehead atoms. The van der Waals surface area contributed by atoms with Gasteiger partial charge in [0.05, 0.1) is 31.2 Å². The van der Waals surface area contributed by atoms with Crippen LogP contribution in [-0.2, 0) is 6.54 Å². The Morgan fingerprint density at radius 2 is 1.63 bits per heavy atom. The Balaban J connectivity index is 1.79. The van der Waals surface area contributed by atoms with Crippen LogP contribution in [0.25, 0.3) is 5.69 Å². The summed E-state index contributed by atoms with van der Waals surface area (Å²) in [5.41, 5.74) is 4.53. The number of nitrogens with two attached hydrogens (primary N) is 1. The van der Waals surface area contributed by atoms with Gasteiger partial charge in [0.15, 0.2) is 29.0 Å². The molecule has 0 radical (unpaired) electrons. The lowest BCUT2D eigenvalue weighted by molar-refractivity contribution is -0.702. The van der Waals surface area contributed by atoms with E-state index < -0.39 is 0 Å². The molecule has 6 heteroatoms. The predicted octanol–water partition coefficient (Wildman–Crippen LogP) is 3.55. The largest absolute Gasteiger partial charge is 0.504 e. The van der Waals surface area contributed by atoms with Gasteiger partial charge >= 0.3 is 0 Å². The van der Waals surface area contributed by atoms with Crippen LogP contribution in [0.15, 0.2) is 48.7 Å². The number of fused-ring (bicyclic) bond motifs is 3. The van der Waals surface area contributed by atoms with E-state index in [1.54, 1.807) is 6.07 Å². The molecule has 0 unspecified atom stereocenters. The van der Waals surface area contributed by atoms with E-state index in [4.69, 9.17) is 14.2 Å². The minimum Gasteiger partial charge on any atom is -0.504 e. The topological polar surface area (TPSA) is 69.5 Å². The molecule has 1 aliphatic rings. The van der Waals surface area contributed by atoms with Crippen LogP contribution in [0.4, 0.5) is 0 Å². The average Bonchev–Trinajstić information content (AvgIpc) is 3.16. The lowest BCUT2D eigenvalue weighted by Gasteiger charge is -2.17. The molecule has 1 atom stereocenters. The summed E-state index contributed by atoms with van der Waals surface area (Å²) in [5, 5.41) is 12.4. The van der Waals surface area contributed by atoms with Crippen molar-refractivity contribution in [1.82, 2.24) is 4.57 Å². The van der Waals surface area contributed by atoms with Crippen LogP contribution >= 0.6 is 0 Å². The van der Waals surface area contributed by atoms with E-state index in [2.05, 4.69) is 40.3 Å². The summed E-state index contributed by atoms with van der Waals surface area (Å²) < 4.78 is 19.5. The maximum absolute atomic E-state index is 10.1. The lowest BCUT2D eigenvalue weighted by Crippen LogP contribution is -2.83. The number of aromatic hydroxyl groups is 1. The number of nitrogens with zero attached hydrogens (tertiary/aromatic N) is 1. The van der Waals surface area contributed by atoms with Gasteiger partial charge in [0.25, 0.3) is 0 Å². The minimum absolute atomic E-state index is 0.0679. The summed E-state index contributed by atoms with van der Waals surface area (Å²) in [6, 6.07) is 14.0. The van der Waals surface area contributed by atoms with Crippen molar-refractivity contribution in [2.24, 2.45) is 0 Å². The lowest BCUT2D eigenvalue weighted by atomic mass is 10.0. The average molecular weight is 410 g/mol. The van der Waals surface area contributed by atoms with Crippen LogP contribution in [0, 0.1) is 0 Å². The molecule has 30 heavy (non-hydrogen) atoms. The molecule has 4 rings (SSSR count). The highest BCUT2D eigenvalue weighted by Gasteiger charge is 2.28. The van der Waals surface area contributed by atoms with Gasteiger partial charge < -0.3 is 29.2 Å². The zero-order valence-electron chi connectivity index (χ0n) is 17.7. The third-order valence-electron chi connectivity index (χ3n) is 5.32. The molecule has 3 aromatic rings. The number of ether oxygens (including phenoxy) is 3. The van der Waals surface area contributed by atoms with Crippen molar-refractivity contribution in [2.75, 3.05) is 19.8 Å². The van der Waals surface area contributed by atoms with E-state index in [0.29, 0.717) is 25.6 Å². The number of aromatic nitrogens is 1. The number of rotatable bonds is 7. The Morgan fingerprint density at radius 3 is 2.37 bits per heavy atom. The Morgan fingerprint density at radius 1 is 0.933 bits per heavy atom. The molecule has 2 aromatic carbocycles. The summed E-state index contributed by atoms with van der Waals surface area (Å²) in [6.45, 7) is 8.35. The maximum Gasteiger partial charge on any atom is 0.163 e. The molecule has 0 saturated carbocycles. The first-order valence-corrected chi connectivity index (χ1v) is 10.5. The van der Waals surface area contributed by atoms with E-state index in [9.17, 15) is 5.11 Å². The summed E-state index contributed by atoms with van der Waals surface area (Å²) in [7, 11) is 0. The number of phenols is 1. The number of phenolic OH excluding ortho intramolecular Hbond substituents is 1. The van der Waals surface area contributed by atoms with E-state index in [0.717, 1.165) is 35.0 Å². The van der Waals surface area contributed by atoms with Crippen LogP contribution in [0.3, 0.4) is 0 Å². The van der Waals surface area contributed by atoms with Crippen LogP contribution < -0.4 is 19.5 Å². The third kappa shape index (κ3) is 3.71. The molecule has 3 N–H and O–H groups in total. The first kappa shape index (κ1) is 20.2. The summed E-state index contributed by atoms with van der Waals surface area (Å²) in [5.74, 6) is 2.22. The Bertz CT molecular complexity index is 1030. The van der Waals surface area contributed by atoms with Crippen molar-refractivity contribution in [3.63, 3.8) is 0 Å². The molecule has 0 spiro atoms. The second-order valence-electron chi connectivity index (χ2n) is 7.17. The fourth-order valence-corrected chi connectivity index (χ4v) is 4.05. The molecule has 0 saturated heterocycles. The van der Waals surface area contributed by atoms with Gasteiger partial charge in [-0.2, -0.15) is 0 Å². The Hall–Kier alpha value is -3.12. The Labute approximate surface area is 177 Å². The van der Waals surface area contributed by atoms with Crippen molar-refractivity contribution in [1.29, 1.82) is 0 Å². The van der Waals surface area contributed by atoms with Crippen LogP contribution in [0.2, 0.25) is 0 Å². The number of benzene rings is 2. The first-order valence-electron chi connectivity index (χ1n) is 10.5. The molecular weight excluding hydrogens is 380 g/mol. The summed E-state index contributed by atoms with van der Waals surface area (Å²) >= 11 is 0. The SMILES string of the molecule is CCOc1cc([C@H]2[NH2+]Cc3cc(OCC)c(OCC)cc3-n3cccc32)ccc1O. The second kappa shape index (κ2) is 8.71. The van der Waals surface area contributed by atoms with E-state index in [-0.39, 0.29) is 11.8 Å². The molecular formula is C24H29N2O4+. The van der Waals surface area contributed by atoms with Gasteiger partial charge in [-0.3, -0.25) is 0 Å². The highest BCUT2D eigenvalue weighted by Crippen LogP contribution is 2.37. The minimum atomic E-state index is 0.0679. The fourth-order valence-electron chi connectivity index (χ4n) is 4.05. The smallest absolute Gasteiger partial charge is 0.163 e. The van der Waals surface area contributed by atoms with Gasteiger partial charge in [0, 0.05) is 23.4 Å². The molecule has 0 amide bonds. The zero-order chi connectivity index (χ0) is 21.1. The second-order valence-corrected chi connectivity index (χ2v) is 7.17. The monoisotopic (exact) mass is 409 g/mol. The highest BCUT2D eigenvalue weighted by molar-refractivity contribution is 5.56. The molecule has 2 heterocycles. The van der Waals surface area contributed by atoms with Gasteiger partial charge in [0.1, 0.15) is 6.54 Å². The molecule has 0 aliphatic carbocycles. The van der Waals surface area contributed by atoms with E-state index in [1.807, 2.05) is 32.9 Å². The number of quaternary nitrogens is 1. The predicted molar refractivity (Wildman–Crippen MR) is 115 cm³/mol. The normalized spacial score (nSPS) is 15.1. The highest BCUT2D eigenvalue weighted by atomic mass is 16.5. The van der Waals surface area contributed by atoms with E-state index >= 15 is 0 Å². The maximum atomic E-state index is 10.1. The summed E-state index contributed by atoms with van der Waals surface area (Å²) in [4.78, 5) is 0. The molecule has 6 nitrogen and oxygen atoms in total. The van der Waals surface area contributed by atoms with Gasteiger partial charge in [-0.05, 0) is 57.2 Å². The van der Waals surface area contributed by atoms with Gasteiger partial charge in [-0.1, -0.05) is 0 Å². The van der Waals surface area contributed by atoms with Crippen LogP contribution in [0.5, 0.6) is 23.0 Å². The van der Waals surface area contributed by atoms with Gasteiger partial charge in [-0.25, -0.2) is 0 Å². The van der Waals surface area contributed by atoms with Gasteiger partial charge in [0.2, 0.25) is 0 Å². The quantitative estimate of drug-likeness (QED) is 0.626. The standard InChI is InChI=1S/C24H28N2O4/c1-4-28-21-12-16(9-10-20(21)27)24-18-8-7-11-26(18)19-14-23(30-6-3)22(29-5-2)13-17(19)15-25-24/h7-14,24-25,27H,4-6,15H2,1-3H3/p+1/t24-/m1/s1. The van der Waals surface area contributed by atoms with Crippen molar-refractivity contribution >= 4 is 0 Å². The molecule has 1 aromatic heterocycles. The van der Waals surface area contributed by atoms with Crippen molar-refractivity contribution < 1.29 is 24.6 Å². The molecule has 1 aliphatic heterocycles. The van der Waals surface area contributed by atoms with Crippen LogP contribution in [0.1, 0.15) is 43.6 Å². The number of hydrogen-bond donors (Lipinski definition) is 2. The van der Waals surface area contributed by atoms with Crippen molar-refractivity contribution in [3.05, 3.63) is 65.5 Å². The first-order chi connectivity index (χ1) is 14.7. The molecule has 158 valence electrons. The molecule has 0 fully saturated rings. The van der Waals surface area contributed by atoms with E-state index in [1.165, 1.54) is 5.56 Å². The van der Waals surface area contributed by atoms with Crippen LogP contribution in [-0.4, -0.2) is 29.5 Å². The van der Waals surface area contributed by atoms with Crippen molar-refractivity contribution in [3.8, 4) is 28.7 Å². The van der Waals surface area contributed by atoms with Crippen molar-refractivity contribution in [2.45, 2.75) is 33.4 Å². The zero-order valence-corrected chi connectivity index (χ0v) is 17.7. The Kier molecular flexibility index (Phi) is 5.86. The number of hydrogen-bond acceptors (Lipinski definition) is 4.